The maximum absolute atomic E-state index is 5.61. The molecule has 0 saturated carbocycles. The molecule has 2 heterocycles. The Hall–Kier alpha value is -0.380. The van der Waals surface area contributed by atoms with Crippen molar-refractivity contribution in [2.45, 2.75) is 26.2 Å². The second-order valence-electron chi connectivity index (χ2n) is 4.50. The van der Waals surface area contributed by atoms with Crippen LogP contribution in [-0.2, 0) is 14.2 Å². The van der Waals surface area contributed by atoms with E-state index in [1.54, 1.807) is 0 Å². The van der Waals surface area contributed by atoms with Crippen molar-refractivity contribution < 1.29 is 14.2 Å². The van der Waals surface area contributed by atoms with Crippen LogP contribution in [0.1, 0.15) is 20.3 Å². The molecule has 0 radical (unpaired) electrons. The highest BCUT2D eigenvalue weighted by Gasteiger charge is 2.47. The maximum Gasteiger partial charge on any atom is 0.307 e. The van der Waals surface area contributed by atoms with E-state index in [4.69, 9.17) is 14.2 Å². The van der Waals surface area contributed by atoms with Gasteiger partial charge < -0.3 is 14.2 Å². The Morgan fingerprint density at radius 1 is 1.15 bits per heavy atom. The van der Waals surface area contributed by atoms with E-state index in [0.717, 1.165) is 12.0 Å². The lowest BCUT2D eigenvalue weighted by molar-refractivity contribution is -0.381. The first-order chi connectivity index (χ1) is 6.04. The zero-order valence-corrected chi connectivity index (χ0v) is 8.26. The molecule has 74 valence electrons. The van der Waals surface area contributed by atoms with Crippen LogP contribution < -0.4 is 0 Å². The van der Waals surface area contributed by atoms with Crippen molar-refractivity contribution in [2.75, 3.05) is 19.8 Å². The van der Waals surface area contributed by atoms with E-state index in [0.29, 0.717) is 19.8 Å². The zero-order valence-electron chi connectivity index (χ0n) is 8.26. The van der Waals surface area contributed by atoms with E-state index in [1.807, 2.05) is 0 Å². The quantitative estimate of drug-likeness (QED) is 0.536. The molecule has 0 aromatic rings. The molecule has 2 saturated heterocycles. The molecule has 2 fully saturated rings. The van der Waals surface area contributed by atoms with E-state index in [2.05, 4.69) is 20.4 Å². The first kappa shape index (κ1) is 9.19. The highest BCUT2D eigenvalue weighted by atomic mass is 16.9. The minimum atomic E-state index is -0.907. The van der Waals surface area contributed by atoms with Crippen molar-refractivity contribution in [3.63, 3.8) is 0 Å². The Kier molecular flexibility index (Phi) is 1.98. The Labute approximate surface area is 78.7 Å². The molecule has 3 heteroatoms. The monoisotopic (exact) mass is 184 g/mol. The van der Waals surface area contributed by atoms with Crippen LogP contribution >= 0.6 is 0 Å². The Morgan fingerprint density at radius 2 is 1.77 bits per heavy atom. The molecule has 2 aliphatic rings. The summed E-state index contributed by atoms with van der Waals surface area (Å²) in [5.74, 6) is -0.907. The Morgan fingerprint density at radius 3 is 2.23 bits per heavy atom. The van der Waals surface area contributed by atoms with Gasteiger partial charge in [0.1, 0.15) is 0 Å². The topological polar surface area (TPSA) is 27.7 Å². The van der Waals surface area contributed by atoms with Gasteiger partial charge in [0.25, 0.3) is 0 Å². The second kappa shape index (κ2) is 2.80. The smallest absolute Gasteiger partial charge is 0.307 e. The van der Waals surface area contributed by atoms with Crippen molar-refractivity contribution in [3.8, 4) is 0 Å². The summed E-state index contributed by atoms with van der Waals surface area (Å²) in [5, 5.41) is 0. The van der Waals surface area contributed by atoms with Gasteiger partial charge in [0.2, 0.25) is 0 Å². The first-order valence-electron chi connectivity index (χ1n) is 4.64. The lowest BCUT2D eigenvalue weighted by Crippen LogP contribution is -2.47. The molecule has 0 bridgehead atoms. The van der Waals surface area contributed by atoms with E-state index in [-0.39, 0.29) is 5.41 Å². The van der Waals surface area contributed by atoms with Crippen LogP contribution in [0.15, 0.2) is 12.2 Å². The number of hydrogen-bond acceptors (Lipinski definition) is 3. The Balaban J connectivity index is 2.08. The average Bonchev–Trinajstić information content (AvgIpc) is 2.41. The number of rotatable bonds is 0. The molecule has 0 aromatic heterocycles. The molecule has 2 aliphatic heterocycles. The average molecular weight is 184 g/mol. The van der Waals surface area contributed by atoms with Crippen LogP contribution in [-0.4, -0.2) is 25.8 Å². The highest BCUT2D eigenvalue weighted by molar-refractivity contribution is 5.09. The molecule has 0 atom stereocenters. The van der Waals surface area contributed by atoms with Gasteiger partial charge >= 0.3 is 5.97 Å². The SMILES string of the molecule is C=C1CCOC12OCC(C)(C)CO2. The molecule has 0 unspecified atom stereocenters. The summed E-state index contributed by atoms with van der Waals surface area (Å²) in [4.78, 5) is 0. The van der Waals surface area contributed by atoms with E-state index in [9.17, 15) is 0 Å². The van der Waals surface area contributed by atoms with Crippen LogP contribution in [0.2, 0.25) is 0 Å². The van der Waals surface area contributed by atoms with Crippen molar-refractivity contribution >= 4 is 0 Å². The molecule has 0 amide bonds. The Bertz CT molecular complexity index is 222. The van der Waals surface area contributed by atoms with Gasteiger partial charge in [0, 0.05) is 11.0 Å². The predicted octanol–water partition coefficient (Wildman–Crippen LogP) is 1.69. The summed E-state index contributed by atoms with van der Waals surface area (Å²) in [6.45, 7) is 10.1. The van der Waals surface area contributed by atoms with Crippen LogP contribution in [0.3, 0.4) is 0 Å². The van der Waals surface area contributed by atoms with Crippen molar-refractivity contribution in [2.24, 2.45) is 5.41 Å². The van der Waals surface area contributed by atoms with Gasteiger partial charge in [0.05, 0.1) is 19.8 Å². The lowest BCUT2D eigenvalue weighted by Gasteiger charge is -2.40. The van der Waals surface area contributed by atoms with Gasteiger partial charge in [-0.1, -0.05) is 20.4 Å². The minimum Gasteiger partial charge on any atom is -0.324 e. The van der Waals surface area contributed by atoms with Gasteiger partial charge in [-0.2, -0.15) is 0 Å². The molecule has 1 spiro atoms. The molecule has 3 nitrogen and oxygen atoms in total. The third kappa shape index (κ3) is 1.52. The first-order valence-corrected chi connectivity index (χ1v) is 4.64. The molecule has 0 N–H and O–H groups in total. The van der Waals surface area contributed by atoms with E-state index < -0.39 is 5.97 Å². The van der Waals surface area contributed by atoms with Gasteiger partial charge in [-0.25, -0.2) is 0 Å². The number of hydrogen-bond donors (Lipinski definition) is 0. The van der Waals surface area contributed by atoms with Crippen LogP contribution in [0.25, 0.3) is 0 Å². The van der Waals surface area contributed by atoms with Crippen LogP contribution in [0.5, 0.6) is 0 Å². The fourth-order valence-electron chi connectivity index (χ4n) is 1.52. The fourth-order valence-corrected chi connectivity index (χ4v) is 1.52. The molecule has 2 rings (SSSR count). The third-order valence-corrected chi connectivity index (χ3v) is 2.43. The standard InChI is InChI=1S/C10H16O3/c1-8-4-5-11-10(8)12-6-9(2,3)7-13-10/h1,4-7H2,2-3H3. The summed E-state index contributed by atoms with van der Waals surface area (Å²) >= 11 is 0. The predicted molar refractivity (Wildman–Crippen MR) is 48.1 cm³/mol. The summed E-state index contributed by atoms with van der Waals surface area (Å²) in [5.41, 5.74) is 0.986. The summed E-state index contributed by atoms with van der Waals surface area (Å²) in [6.07, 6.45) is 0.834. The highest BCUT2D eigenvalue weighted by Crippen LogP contribution is 2.39. The fraction of sp³-hybridized carbons (Fsp3) is 0.800. The van der Waals surface area contributed by atoms with Gasteiger partial charge in [-0.05, 0) is 6.42 Å². The minimum absolute atomic E-state index is 0.0808. The molecule has 13 heavy (non-hydrogen) atoms. The van der Waals surface area contributed by atoms with Crippen LogP contribution in [0.4, 0.5) is 0 Å². The maximum atomic E-state index is 5.61. The van der Waals surface area contributed by atoms with E-state index in [1.165, 1.54) is 0 Å². The summed E-state index contributed by atoms with van der Waals surface area (Å²) < 4.78 is 16.7. The largest absolute Gasteiger partial charge is 0.324 e. The van der Waals surface area contributed by atoms with Gasteiger partial charge in [-0.3, -0.25) is 0 Å². The summed E-state index contributed by atoms with van der Waals surface area (Å²) in [6, 6.07) is 0. The normalized spacial score (nSPS) is 31.1. The summed E-state index contributed by atoms with van der Waals surface area (Å²) in [7, 11) is 0. The van der Waals surface area contributed by atoms with E-state index >= 15 is 0 Å². The van der Waals surface area contributed by atoms with Crippen LogP contribution in [0, 0.1) is 5.41 Å². The van der Waals surface area contributed by atoms with Gasteiger partial charge in [0.15, 0.2) is 0 Å². The molecular formula is C10H16O3. The molecule has 0 aliphatic carbocycles. The lowest BCUT2D eigenvalue weighted by atomic mass is 9.95. The van der Waals surface area contributed by atoms with Crippen molar-refractivity contribution in [3.05, 3.63) is 12.2 Å². The zero-order chi connectivity index (χ0) is 9.53. The third-order valence-electron chi connectivity index (χ3n) is 2.43. The van der Waals surface area contributed by atoms with Crippen molar-refractivity contribution in [1.82, 2.24) is 0 Å². The molecular weight excluding hydrogens is 168 g/mol. The number of ether oxygens (including phenoxy) is 3. The second-order valence-corrected chi connectivity index (χ2v) is 4.50. The van der Waals surface area contributed by atoms with Crippen molar-refractivity contribution in [1.29, 1.82) is 0 Å². The van der Waals surface area contributed by atoms with Gasteiger partial charge in [-0.15, -0.1) is 0 Å². The molecule has 0 aromatic carbocycles.